The molecule has 98 valence electrons. The molecule has 1 aromatic heterocycles. The fourth-order valence-corrected chi connectivity index (χ4v) is 2.53. The van der Waals surface area contributed by atoms with E-state index in [2.05, 4.69) is 20.2 Å². The van der Waals surface area contributed by atoms with Crippen molar-refractivity contribution >= 4 is 5.82 Å². The van der Waals surface area contributed by atoms with E-state index in [0.29, 0.717) is 18.5 Å². The van der Waals surface area contributed by atoms with Crippen LogP contribution < -0.4 is 10.1 Å². The molecule has 5 nitrogen and oxygen atoms in total. The molecular weight excluding hydrogens is 228 g/mol. The van der Waals surface area contributed by atoms with Gasteiger partial charge in [0, 0.05) is 31.2 Å². The van der Waals surface area contributed by atoms with E-state index in [1.165, 1.54) is 25.8 Å². The molecule has 2 fully saturated rings. The first-order valence-corrected chi connectivity index (χ1v) is 6.80. The van der Waals surface area contributed by atoms with Crippen molar-refractivity contribution in [2.45, 2.75) is 38.3 Å². The van der Waals surface area contributed by atoms with Crippen molar-refractivity contribution in [3.05, 3.63) is 12.4 Å². The van der Waals surface area contributed by atoms with E-state index >= 15 is 0 Å². The third-order valence-electron chi connectivity index (χ3n) is 3.57. The van der Waals surface area contributed by atoms with Gasteiger partial charge in [-0.05, 0) is 26.2 Å². The number of hydrogen-bond acceptors (Lipinski definition) is 5. The largest absolute Gasteiger partial charge is 0.478 e. The summed E-state index contributed by atoms with van der Waals surface area (Å²) in [5.41, 5.74) is 0. The molecule has 1 aromatic rings. The summed E-state index contributed by atoms with van der Waals surface area (Å²) in [6.45, 7) is 4.94. The van der Waals surface area contributed by atoms with E-state index in [9.17, 15) is 0 Å². The van der Waals surface area contributed by atoms with Crippen molar-refractivity contribution in [2.75, 3.05) is 25.0 Å². The van der Waals surface area contributed by atoms with Gasteiger partial charge in [-0.25, -0.2) is 9.97 Å². The van der Waals surface area contributed by atoms with Crippen LogP contribution >= 0.6 is 0 Å². The number of nitrogens with one attached hydrogen (secondary N) is 1. The monoisotopic (exact) mass is 248 g/mol. The first-order valence-electron chi connectivity index (χ1n) is 6.80. The van der Waals surface area contributed by atoms with E-state index in [-0.39, 0.29) is 0 Å². The molecule has 1 atom stereocenters. The fraction of sp³-hybridized carbons (Fsp3) is 0.692. The molecule has 0 spiro atoms. The van der Waals surface area contributed by atoms with Crippen LogP contribution in [-0.2, 0) is 0 Å². The second kappa shape index (κ2) is 5.10. The Bertz CT molecular complexity index is 408. The molecule has 0 bridgehead atoms. The summed E-state index contributed by atoms with van der Waals surface area (Å²) in [4.78, 5) is 10.9. The van der Waals surface area contributed by atoms with Crippen LogP contribution in [0.1, 0.15) is 26.2 Å². The van der Waals surface area contributed by atoms with Crippen molar-refractivity contribution < 1.29 is 4.74 Å². The van der Waals surface area contributed by atoms with E-state index in [0.717, 1.165) is 18.4 Å². The SMILES string of the molecule is CCOc1cc(NC2CCN(C3CC3)C2)ncn1. The van der Waals surface area contributed by atoms with Crippen LogP contribution in [0.15, 0.2) is 12.4 Å². The van der Waals surface area contributed by atoms with Crippen LogP contribution in [0.2, 0.25) is 0 Å². The quantitative estimate of drug-likeness (QED) is 0.856. The second-order valence-electron chi connectivity index (χ2n) is 5.03. The van der Waals surface area contributed by atoms with Crippen molar-refractivity contribution in [3.63, 3.8) is 0 Å². The van der Waals surface area contributed by atoms with E-state index in [1.807, 2.05) is 13.0 Å². The molecule has 0 aromatic carbocycles. The lowest BCUT2D eigenvalue weighted by atomic mass is 10.2. The van der Waals surface area contributed by atoms with Crippen LogP contribution in [0.3, 0.4) is 0 Å². The normalized spacial score (nSPS) is 24.2. The van der Waals surface area contributed by atoms with Gasteiger partial charge in [-0.2, -0.15) is 0 Å². The van der Waals surface area contributed by atoms with E-state index < -0.39 is 0 Å². The first kappa shape index (κ1) is 11.7. The lowest BCUT2D eigenvalue weighted by molar-refractivity contribution is 0.324. The predicted octanol–water partition coefficient (Wildman–Crippen LogP) is 1.52. The molecule has 5 heteroatoms. The zero-order chi connectivity index (χ0) is 12.4. The molecule has 0 radical (unpaired) electrons. The van der Waals surface area contributed by atoms with Crippen LogP contribution in [0, 0.1) is 0 Å². The van der Waals surface area contributed by atoms with E-state index in [4.69, 9.17) is 4.74 Å². The fourth-order valence-electron chi connectivity index (χ4n) is 2.53. The van der Waals surface area contributed by atoms with Gasteiger partial charge in [-0.15, -0.1) is 0 Å². The summed E-state index contributed by atoms with van der Waals surface area (Å²) < 4.78 is 5.38. The Morgan fingerprint density at radius 2 is 2.28 bits per heavy atom. The van der Waals surface area contributed by atoms with Crippen LogP contribution in [0.25, 0.3) is 0 Å². The lowest BCUT2D eigenvalue weighted by Gasteiger charge is -2.16. The summed E-state index contributed by atoms with van der Waals surface area (Å²) in [7, 11) is 0. The van der Waals surface area contributed by atoms with Gasteiger partial charge < -0.3 is 10.1 Å². The Labute approximate surface area is 108 Å². The molecule has 1 unspecified atom stereocenters. The van der Waals surface area contributed by atoms with Gasteiger partial charge in [-0.3, -0.25) is 4.90 Å². The molecule has 2 aliphatic rings. The average molecular weight is 248 g/mol. The topological polar surface area (TPSA) is 50.3 Å². The van der Waals surface area contributed by atoms with Gasteiger partial charge in [0.15, 0.2) is 0 Å². The third-order valence-corrected chi connectivity index (χ3v) is 3.57. The number of hydrogen-bond donors (Lipinski definition) is 1. The Morgan fingerprint density at radius 1 is 1.39 bits per heavy atom. The maximum absolute atomic E-state index is 5.38. The van der Waals surface area contributed by atoms with Gasteiger partial charge in [-0.1, -0.05) is 0 Å². The molecule has 1 aliphatic heterocycles. The average Bonchev–Trinajstić information content (AvgIpc) is 3.12. The molecule has 1 aliphatic carbocycles. The Morgan fingerprint density at radius 3 is 3.06 bits per heavy atom. The highest BCUT2D eigenvalue weighted by molar-refractivity contribution is 5.38. The highest BCUT2D eigenvalue weighted by atomic mass is 16.5. The molecule has 1 N–H and O–H groups in total. The summed E-state index contributed by atoms with van der Waals surface area (Å²) in [5.74, 6) is 1.52. The van der Waals surface area contributed by atoms with Crippen LogP contribution in [0.5, 0.6) is 5.88 Å². The Balaban J connectivity index is 1.57. The van der Waals surface area contributed by atoms with E-state index in [1.54, 1.807) is 6.33 Å². The van der Waals surface area contributed by atoms with Crippen molar-refractivity contribution in [3.8, 4) is 5.88 Å². The van der Waals surface area contributed by atoms with Gasteiger partial charge >= 0.3 is 0 Å². The minimum Gasteiger partial charge on any atom is -0.478 e. The van der Waals surface area contributed by atoms with Crippen molar-refractivity contribution in [1.82, 2.24) is 14.9 Å². The molecule has 3 rings (SSSR count). The minimum atomic E-state index is 0.509. The van der Waals surface area contributed by atoms with Gasteiger partial charge in [0.25, 0.3) is 0 Å². The van der Waals surface area contributed by atoms with Crippen LogP contribution in [-0.4, -0.2) is 46.6 Å². The number of aromatic nitrogens is 2. The standard InChI is InChI=1S/C13H20N4O/c1-2-18-13-7-12(14-9-15-13)16-10-5-6-17(8-10)11-3-4-11/h7,9-11H,2-6,8H2,1H3,(H,14,15,16). The molecule has 18 heavy (non-hydrogen) atoms. The smallest absolute Gasteiger partial charge is 0.218 e. The van der Waals surface area contributed by atoms with Gasteiger partial charge in [0.05, 0.1) is 6.61 Å². The number of rotatable bonds is 5. The summed E-state index contributed by atoms with van der Waals surface area (Å²) in [5, 5.41) is 3.48. The lowest BCUT2D eigenvalue weighted by Crippen LogP contribution is -2.28. The molecule has 0 amide bonds. The summed E-state index contributed by atoms with van der Waals surface area (Å²) in [6, 6.07) is 3.25. The maximum Gasteiger partial charge on any atom is 0.218 e. The number of ether oxygens (including phenoxy) is 1. The number of likely N-dealkylation sites (tertiary alicyclic amines) is 1. The third kappa shape index (κ3) is 2.72. The highest BCUT2D eigenvalue weighted by Crippen LogP contribution is 2.30. The van der Waals surface area contributed by atoms with Crippen molar-refractivity contribution in [2.24, 2.45) is 0 Å². The molecular formula is C13H20N4O. The molecule has 1 saturated carbocycles. The number of anilines is 1. The zero-order valence-corrected chi connectivity index (χ0v) is 10.8. The van der Waals surface area contributed by atoms with Gasteiger partial charge in [0.2, 0.25) is 5.88 Å². The number of nitrogens with zero attached hydrogens (tertiary/aromatic N) is 3. The predicted molar refractivity (Wildman–Crippen MR) is 69.8 cm³/mol. The second-order valence-corrected chi connectivity index (χ2v) is 5.03. The van der Waals surface area contributed by atoms with Crippen LogP contribution in [0.4, 0.5) is 5.82 Å². The van der Waals surface area contributed by atoms with Crippen molar-refractivity contribution in [1.29, 1.82) is 0 Å². The first-order chi connectivity index (χ1) is 8.85. The Hall–Kier alpha value is -1.36. The Kier molecular flexibility index (Phi) is 3.32. The summed E-state index contributed by atoms with van der Waals surface area (Å²) in [6.07, 6.45) is 5.52. The summed E-state index contributed by atoms with van der Waals surface area (Å²) >= 11 is 0. The molecule has 2 heterocycles. The maximum atomic E-state index is 5.38. The highest BCUT2D eigenvalue weighted by Gasteiger charge is 2.34. The zero-order valence-electron chi connectivity index (χ0n) is 10.8. The van der Waals surface area contributed by atoms with Gasteiger partial charge in [0.1, 0.15) is 12.1 Å². The minimum absolute atomic E-state index is 0.509. The molecule has 1 saturated heterocycles.